The van der Waals surface area contributed by atoms with Gasteiger partial charge in [0, 0.05) is 30.1 Å². The molecule has 40 heavy (non-hydrogen) atoms. The van der Waals surface area contributed by atoms with Crippen molar-refractivity contribution in [2.75, 3.05) is 0 Å². The van der Waals surface area contributed by atoms with Crippen molar-refractivity contribution in [3.8, 4) is 21.2 Å². The van der Waals surface area contributed by atoms with Crippen molar-refractivity contribution in [2.24, 2.45) is 0 Å². The number of rotatable bonds is 3. The summed E-state index contributed by atoms with van der Waals surface area (Å²) in [6.07, 6.45) is 14.0. The molecule has 0 amide bonds. The van der Waals surface area contributed by atoms with Crippen molar-refractivity contribution in [3.05, 3.63) is 119 Å². The van der Waals surface area contributed by atoms with Gasteiger partial charge in [-0.25, -0.2) is 0 Å². The average molecular weight is 672 g/mol. The van der Waals surface area contributed by atoms with Gasteiger partial charge in [-0.15, -0.1) is 0 Å². The first-order valence-corrected chi connectivity index (χ1v) is 16.1. The molecule has 0 saturated carbocycles. The molecular formula is C32H36BF4P2Rh-. The first-order chi connectivity index (χ1) is 18.6. The molecule has 1 aliphatic rings. The van der Waals surface area contributed by atoms with Gasteiger partial charge in [0.15, 0.2) is 0 Å². The van der Waals surface area contributed by atoms with Crippen molar-refractivity contribution in [3.63, 3.8) is 0 Å². The van der Waals surface area contributed by atoms with Gasteiger partial charge in [0.1, 0.15) is 0 Å². The second-order valence-electron chi connectivity index (χ2n) is 9.57. The quantitative estimate of drug-likeness (QED) is 0.115. The monoisotopic (exact) mass is 672 g/mol. The summed E-state index contributed by atoms with van der Waals surface area (Å²) < 4.78 is 39.0. The third-order valence-electron chi connectivity index (χ3n) is 6.65. The second-order valence-corrected chi connectivity index (χ2v) is 13.5. The predicted octanol–water partition coefficient (Wildman–Crippen LogP) is 12.5. The van der Waals surface area contributed by atoms with Gasteiger partial charge in [0.2, 0.25) is 0 Å². The topological polar surface area (TPSA) is 0 Å². The molecule has 0 spiro atoms. The molecule has 1 radical (unpaired) electrons. The summed E-state index contributed by atoms with van der Waals surface area (Å²) in [5, 5.41) is 6.12. The summed E-state index contributed by atoms with van der Waals surface area (Å²) in [7, 11) is -6.83. The Morgan fingerprint density at radius 3 is 1.07 bits per heavy atom. The van der Waals surface area contributed by atoms with Crippen molar-refractivity contribution in [2.45, 2.75) is 53.4 Å². The molecule has 8 heteroatoms. The Bertz CT molecular complexity index is 1270. The third kappa shape index (κ3) is 10.1. The Labute approximate surface area is 251 Å². The molecule has 5 rings (SSSR count). The van der Waals surface area contributed by atoms with Gasteiger partial charge in [-0.05, 0) is 97.8 Å². The molecule has 0 fully saturated rings. The van der Waals surface area contributed by atoms with Crippen LogP contribution in [-0.2, 0) is 19.5 Å². The van der Waals surface area contributed by atoms with E-state index in [-0.39, 0.29) is 19.5 Å². The van der Waals surface area contributed by atoms with Crippen LogP contribution in [0, 0.1) is 27.7 Å². The van der Waals surface area contributed by atoms with Crippen LogP contribution in [0.2, 0.25) is 0 Å². The zero-order valence-electron chi connectivity index (χ0n) is 23.4. The van der Waals surface area contributed by atoms with Crippen molar-refractivity contribution < 1.29 is 36.7 Å². The number of aryl methyl sites for hydroxylation is 2. The molecule has 4 aromatic rings. The van der Waals surface area contributed by atoms with Crippen LogP contribution in [-0.4, -0.2) is 7.25 Å². The molecule has 0 saturated heterocycles. The molecule has 2 heterocycles. The summed E-state index contributed by atoms with van der Waals surface area (Å²) in [4.78, 5) is 0. The van der Waals surface area contributed by atoms with Crippen molar-refractivity contribution >= 4 is 22.3 Å². The molecule has 2 unspecified atom stereocenters. The van der Waals surface area contributed by atoms with Crippen molar-refractivity contribution in [1.29, 1.82) is 0 Å². The van der Waals surface area contributed by atoms with Crippen LogP contribution in [0.5, 0.6) is 0 Å². The standard InChI is InChI=1S/C24H24P2.C8H12.BF4.Rh/c1-17-15-25(21-11-7-5-8-12-21)23(19(17)3)24-20(4)18(2)16-26(24)22-13-9-6-10-14-22;1-2-4-6-8-7-5-3-1;2-1(3,4)5;/h5-16H,1-4H3;1-2,7-8H,3-6H2;;/q;;-1;/b;2-1-,8-7-;;. The minimum Gasteiger partial charge on any atom is -0.418 e. The van der Waals surface area contributed by atoms with Crippen LogP contribution in [0.3, 0.4) is 0 Å². The van der Waals surface area contributed by atoms with Gasteiger partial charge in [-0.2, -0.15) is 0 Å². The van der Waals surface area contributed by atoms with Gasteiger partial charge < -0.3 is 17.3 Å². The minimum absolute atomic E-state index is 0. The van der Waals surface area contributed by atoms with E-state index in [1.807, 2.05) is 0 Å². The zero-order chi connectivity index (χ0) is 28.4. The summed E-state index contributed by atoms with van der Waals surface area (Å²) in [5.74, 6) is 5.03. The number of hydrogen-bond acceptors (Lipinski definition) is 0. The SMILES string of the molecule is C1=C\CC/C=C\CC/1.Cc1cp(-c2ccccc2)c(-c2c(C)c(C)cp2-c2ccccc2)c1C.F[B-](F)(F)F.[Rh]. The summed E-state index contributed by atoms with van der Waals surface area (Å²) in [6, 6.07) is 22.1. The van der Waals surface area contributed by atoms with Crippen LogP contribution in [0.15, 0.2) is 96.6 Å². The molecular weight excluding hydrogens is 636 g/mol. The number of halogens is 4. The maximum absolute atomic E-state index is 9.75. The first-order valence-electron chi connectivity index (χ1n) is 13.2. The minimum atomic E-state index is -6.00. The van der Waals surface area contributed by atoms with Crippen molar-refractivity contribution in [1.82, 2.24) is 0 Å². The Balaban J connectivity index is 0.000000333. The van der Waals surface area contributed by atoms with E-state index in [1.165, 1.54) is 58.5 Å². The van der Waals surface area contributed by atoms with E-state index in [1.54, 1.807) is 10.6 Å². The molecule has 0 N–H and O–H groups in total. The van der Waals surface area contributed by atoms with Crippen LogP contribution in [0.25, 0.3) is 21.2 Å². The molecule has 0 nitrogen and oxygen atoms in total. The maximum atomic E-state index is 9.75. The van der Waals surface area contributed by atoms with Gasteiger partial charge in [-0.3, -0.25) is 0 Å². The first kappa shape index (κ1) is 34.1. The maximum Gasteiger partial charge on any atom is 0.673 e. The third-order valence-corrected chi connectivity index (χ3v) is 11.9. The van der Waals surface area contributed by atoms with Crippen LogP contribution >= 0.6 is 15.1 Å². The van der Waals surface area contributed by atoms with E-state index in [2.05, 4.69) is 124 Å². The van der Waals surface area contributed by atoms with Crippen LogP contribution < -0.4 is 0 Å². The molecule has 1 aliphatic carbocycles. The Morgan fingerprint density at radius 2 is 0.800 bits per heavy atom. The molecule has 2 aromatic heterocycles. The fraction of sp³-hybridized carbons (Fsp3) is 0.250. The summed E-state index contributed by atoms with van der Waals surface area (Å²) in [5.41, 5.74) is 5.87. The molecule has 0 bridgehead atoms. The normalized spacial score (nSPS) is 15.2. The van der Waals surface area contributed by atoms with E-state index in [0.717, 1.165) is 0 Å². The average Bonchev–Trinajstić information content (AvgIpc) is 3.33. The largest absolute Gasteiger partial charge is 0.673 e. The Morgan fingerprint density at radius 1 is 0.525 bits per heavy atom. The van der Waals surface area contributed by atoms with Crippen LogP contribution in [0.4, 0.5) is 17.3 Å². The second kappa shape index (κ2) is 16.4. The predicted molar refractivity (Wildman–Crippen MR) is 166 cm³/mol. The van der Waals surface area contributed by atoms with E-state index >= 15 is 0 Å². The smallest absolute Gasteiger partial charge is 0.418 e. The molecule has 2 aromatic carbocycles. The Hall–Kier alpha value is -2.11. The number of benzene rings is 2. The molecule has 215 valence electrons. The van der Waals surface area contributed by atoms with E-state index in [9.17, 15) is 17.3 Å². The fourth-order valence-electron chi connectivity index (χ4n) is 4.47. The van der Waals surface area contributed by atoms with Gasteiger partial charge in [0.05, 0.1) is 0 Å². The van der Waals surface area contributed by atoms with E-state index in [0.29, 0.717) is 0 Å². The van der Waals surface area contributed by atoms with Gasteiger partial charge in [-0.1, -0.05) is 100 Å². The fourth-order valence-corrected chi connectivity index (χ4v) is 10.2. The number of allylic oxidation sites excluding steroid dienone is 4. The van der Waals surface area contributed by atoms with E-state index in [4.69, 9.17) is 0 Å². The zero-order valence-corrected chi connectivity index (χ0v) is 26.8. The number of hydrogen-bond donors (Lipinski definition) is 0. The van der Waals surface area contributed by atoms with Gasteiger partial charge in [0.25, 0.3) is 0 Å². The summed E-state index contributed by atoms with van der Waals surface area (Å²) >= 11 is 0. The molecule has 2 atom stereocenters. The molecule has 0 aliphatic heterocycles. The van der Waals surface area contributed by atoms with Gasteiger partial charge >= 0.3 is 7.25 Å². The van der Waals surface area contributed by atoms with Crippen LogP contribution in [0.1, 0.15) is 47.9 Å². The van der Waals surface area contributed by atoms with E-state index < -0.39 is 22.3 Å². The Kier molecular flexibility index (Phi) is 13.9. The summed E-state index contributed by atoms with van der Waals surface area (Å²) in [6.45, 7) is 9.19.